The summed E-state index contributed by atoms with van der Waals surface area (Å²) in [4.78, 5) is 4.47. The van der Waals surface area contributed by atoms with Crippen LogP contribution in [0.1, 0.15) is 49.7 Å². The van der Waals surface area contributed by atoms with Crippen LogP contribution < -0.4 is 9.47 Å². The summed E-state index contributed by atoms with van der Waals surface area (Å²) >= 11 is 0. The molecule has 182 valence electrons. The molecule has 5 rings (SSSR count). The normalized spacial score (nSPS) is 18.9. The monoisotopic (exact) mass is 474 g/mol. The average molecular weight is 475 g/mol. The van der Waals surface area contributed by atoms with Gasteiger partial charge in [-0.25, -0.2) is 4.98 Å². The number of nitrogens with zero attached hydrogens (tertiary/aromatic N) is 2. The summed E-state index contributed by atoms with van der Waals surface area (Å²) in [6.07, 6.45) is 6.12. The maximum atomic E-state index is 10.1. The lowest BCUT2D eigenvalue weighted by atomic mass is 10.0. The minimum absolute atomic E-state index is 0.127. The van der Waals surface area contributed by atoms with Crippen LogP contribution in [-0.4, -0.2) is 47.4 Å². The van der Waals surface area contributed by atoms with E-state index in [2.05, 4.69) is 16.8 Å². The number of hydrogen-bond acceptors (Lipinski definition) is 6. The molecule has 0 bridgehead atoms. The van der Waals surface area contributed by atoms with E-state index in [1.807, 2.05) is 60.2 Å². The summed E-state index contributed by atoms with van der Waals surface area (Å²) in [5.74, 6) is 8.65. The third-order valence-electron chi connectivity index (χ3n) is 6.21. The number of aromatic nitrogens is 2. The van der Waals surface area contributed by atoms with E-state index in [-0.39, 0.29) is 19.0 Å². The highest BCUT2D eigenvalue weighted by atomic mass is 16.7. The van der Waals surface area contributed by atoms with Crippen LogP contribution in [0.3, 0.4) is 0 Å². The highest BCUT2D eigenvalue weighted by Crippen LogP contribution is 2.34. The Balaban J connectivity index is 1.28. The summed E-state index contributed by atoms with van der Waals surface area (Å²) in [7, 11) is 0. The number of imidazole rings is 1. The fraction of sp³-hybridized carbons (Fsp3) is 0.393. The summed E-state index contributed by atoms with van der Waals surface area (Å²) in [6.45, 7) is 3.70. The van der Waals surface area contributed by atoms with Crippen molar-refractivity contribution < 1.29 is 24.1 Å². The number of aliphatic hydroxyl groups is 1. The topological polar surface area (TPSA) is 75.0 Å². The molecule has 35 heavy (non-hydrogen) atoms. The predicted molar refractivity (Wildman–Crippen MR) is 131 cm³/mol. The van der Waals surface area contributed by atoms with E-state index in [1.54, 1.807) is 6.20 Å². The van der Waals surface area contributed by atoms with Crippen molar-refractivity contribution in [1.29, 1.82) is 0 Å². The van der Waals surface area contributed by atoms with Crippen molar-refractivity contribution in [3.05, 3.63) is 66.2 Å². The van der Waals surface area contributed by atoms with E-state index < -0.39 is 6.04 Å². The lowest BCUT2D eigenvalue weighted by molar-refractivity contribution is -0.188. The first-order chi connectivity index (χ1) is 17.2. The summed E-state index contributed by atoms with van der Waals surface area (Å²) in [5.41, 5.74) is 2.99. The van der Waals surface area contributed by atoms with Crippen LogP contribution >= 0.6 is 0 Å². The molecule has 2 aliphatic heterocycles. The highest BCUT2D eigenvalue weighted by molar-refractivity contribution is 5.68. The van der Waals surface area contributed by atoms with Crippen LogP contribution in [0.25, 0.3) is 11.1 Å². The van der Waals surface area contributed by atoms with Gasteiger partial charge in [0, 0.05) is 24.6 Å². The van der Waals surface area contributed by atoms with Gasteiger partial charge in [-0.3, -0.25) is 0 Å². The Kier molecular flexibility index (Phi) is 7.34. The molecule has 2 aliphatic rings. The van der Waals surface area contributed by atoms with Crippen LogP contribution in [0.15, 0.2) is 54.9 Å². The second-order valence-corrected chi connectivity index (χ2v) is 8.67. The van der Waals surface area contributed by atoms with Crippen LogP contribution in [-0.2, 0) is 9.47 Å². The second kappa shape index (κ2) is 11.0. The van der Waals surface area contributed by atoms with Crippen molar-refractivity contribution in [2.45, 2.75) is 44.6 Å². The van der Waals surface area contributed by atoms with Gasteiger partial charge in [-0.15, -0.1) is 0 Å². The van der Waals surface area contributed by atoms with E-state index in [0.29, 0.717) is 13.2 Å². The molecule has 0 spiro atoms. The molecule has 3 heterocycles. The van der Waals surface area contributed by atoms with Crippen molar-refractivity contribution in [3.8, 4) is 34.5 Å². The standard InChI is InChI=1S/C28H30N2O5/c1-20(35-27-4-2-3-15-34-27)28-29-13-14-30(28)24(19-31)11-7-21-5-8-22(9-6-21)23-10-12-25-26(18-23)33-17-16-32-25/h5-6,8-10,12-14,18,20,24,27,31H,2-4,15-17,19H2,1H3/t20-,24-,27?/m0/s1. The Hall–Kier alpha value is -3.31. The largest absolute Gasteiger partial charge is 0.486 e. The van der Waals surface area contributed by atoms with Gasteiger partial charge >= 0.3 is 0 Å². The Labute approximate surface area is 205 Å². The summed E-state index contributed by atoms with van der Waals surface area (Å²) in [5, 5.41) is 10.1. The molecule has 7 heteroatoms. The first-order valence-corrected chi connectivity index (χ1v) is 12.1. The highest BCUT2D eigenvalue weighted by Gasteiger charge is 2.23. The van der Waals surface area contributed by atoms with Gasteiger partial charge in [0.05, 0.1) is 6.61 Å². The molecular formula is C28H30N2O5. The lowest BCUT2D eigenvalue weighted by Crippen LogP contribution is -2.25. The minimum atomic E-state index is -0.428. The third kappa shape index (κ3) is 5.51. The number of benzene rings is 2. The third-order valence-corrected chi connectivity index (χ3v) is 6.21. The Bertz CT molecular complexity index is 1190. The summed E-state index contributed by atoms with van der Waals surface area (Å²) < 4.78 is 25.0. The van der Waals surface area contributed by atoms with Crippen LogP contribution in [0.2, 0.25) is 0 Å². The van der Waals surface area contributed by atoms with Gasteiger partial charge in [-0.05, 0) is 61.6 Å². The lowest BCUT2D eigenvalue weighted by Gasteiger charge is -2.26. The van der Waals surface area contributed by atoms with Crippen molar-refractivity contribution in [2.75, 3.05) is 26.4 Å². The van der Waals surface area contributed by atoms with Gasteiger partial charge < -0.3 is 28.6 Å². The molecule has 0 radical (unpaired) electrons. The Morgan fingerprint density at radius 1 is 1.06 bits per heavy atom. The molecule has 7 nitrogen and oxygen atoms in total. The molecule has 1 fully saturated rings. The van der Waals surface area contributed by atoms with Gasteiger partial charge in [-0.2, -0.15) is 0 Å². The van der Waals surface area contributed by atoms with Crippen LogP contribution in [0, 0.1) is 11.8 Å². The van der Waals surface area contributed by atoms with Crippen molar-refractivity contribution in [2.24, 2.45) is 0 Å². The van der Waals surface area contributed by atoms with E-state index in [0.717, 1.165) is 59.9 Å². The van der Waals surface area contributed by atoms with Crippen LogP contribution in [0.5, 0.6) is 11.5 Å². The first kappa shape index (κ1) is 23.4. The SMILES string of the molecule is C[C@H](OC1CCCCO1)c1nccn1[C@@H](C#Cc1ccc(-c2ccc3c(c2)OCCO3)cc1)CO. The molecule has 1 saturated heterocycles. The predicted octanol–water partition coefficient (Wildman–Crippen LogP) is 4.51. The molecule has 3 aromatic rings. The van der Waals surface area contributed by atoms with Gasteiger partial charge in [0.25, 0.3) is 0 Å². The molecule has 2 aromatic carbocycles. The van der Waals surface area contributed by atoms with E-state index in [4.69, 9.17) is 18.9 Å². The molecule has 1 N–H and O–H groups in total. The molecular weight excluding hydrogens is 444 g/mol. The van der Waals surface area contributed by atoms with E-state index >= 15 is 0 Å². The average Bonchev–Trinajstić information content (AvgIpc) is 3.40. The Morgan fingerprint density at radius 2 is 1.86 bits per heavy atom. The molecule has 0 saturated carbocycles. The van der Waals surface area contributed by atoms with Crippen molar-refractivity contribution in [3.63, 3.8) is 0 Å². The zero-order valence-corrected chi connectivity index (χ0v) is 19.9. The fourth-order valence-corrected chi connectivity index (χ4v) is 4.35. The fourth-order valence-electron chi connectivity index (χ4n) is 4.35. The van der Waals surface area contributed by atoms with Gasteiger partial charge in [0.1, 0.15) is 31.2 Å². The van der Waals surface area contributed by atoms with Gasteiger partial charge in [0.15, 0.2) is 17.8 Å². The van der Waals surface area contributed by atoms with Gasteiger partial charge in [-0.1, -0.05) is 30.0 Å². The van der Waals surface area contributed by atoms with E-state index in [9.17, 15) is 5.11 Å². The smallest absolute Gasteiger partial charge is 0.161 e. The number of rotatable bonds is 6. The molecule has 3 atom stereocenters. The summed E-state index contributed by atoms with van der Waals surface area (Å²) in [6, 6.07) is 13.6. The molecule has 1 unspecified atom stereocenters. The number of fused-ring (bicyclic) bond motifs is 1. The Morgan fingerprint density at radius 3 is 2.63 bits per heavy atom. The maximum absolute atomic E-state index is 10.1. The number of aliphatic hydroxyl groups excluding tert-OH is 1. The van der Waals surface area contributed by atoms with Crippen molar-refractivity contribution >= 4 is 0 Å². The van der Waals surface area contributed by atoms with Gasteiger partial charge in [0.2, 0.25) is 0 Å². The second-order valence-electron chi connectivity index (χ2n) is 8.67. The van der Waals surface area contributed by atoms with Crippen LogP contribution in [0.4, 0.5) is 0 Å². The minimum Gasteiger partial charge on any atom is -0.486 e. The molecule has 0 amide bonds. The number of ether oxygens (including phenoxy) is 4. The van der Waals surface area contributed by atoms with E-state index in [1.165, 1.54) is 0 Å². The maximum Gasteiger partial charge on any atom is 0.161 e. The first-order valence-electron chi connectivity index (χ1n) is 12.1. The molecule has 1 aromatic heterocycles. The zero-order chi connectivity index (χ0) is 24.0. The number of hydrogen-bond donors (Lipinski definition) is 1. The zero-order valence-electron chi connectivity index (χ0n) is 19.9. The quantitative estimate of drug-likeness (QED) is 0.530. The van der Waals surface area contributed by atoms with Crippen molar-refractivity contribution in [1.82, 2.24) is 9.55 Å². The molecule has 0 aliphatic carbocycles.